The first-order chi connectivity index (χ1) is 9.38. The molecule has 0 aromatic heterocycles. The molecule has 0 aliphatic rings. The molecule has 2 N–H and O–H groups in total. The van der Waals surface area contributed by atoms with Gasteiger partial charge in [-0.25, -0.2) is 0 Å². The summed E-state index contributed by atoms with van der Waals surface area (Å²) in [4.78, 5) is 0. The molecule has 7 heteroatoms. The largest absolute Gasteiger partial charge is 0.489 e. The molecule has 0 fully saturated rings. The molecule has 3 unspecified atom stereocenters. The van der Waals surface area contributed by atoms with E-state index in [0.29, 0.717) is 28.1 Å². The van der Waals surface area contributed by atoms with E-state index >= 15 is 0 Å². The van der Waals surface area contributed by atoms with Crippen molar-refractivity contribution in [3.05, 3.63) is 28.2 Å². The SMILES string of the molecule is CC(CS(C)=O)NCC(O)COc1ccc(Cl)cc1Cl. The van der Waals surface area contributed by atoms with Crippen LogP contribution in [0.5, 0.6) is 5.75 Å². The molecule has 0 aliphatic carbocycles. The van der Waals surface area contributed by atoms with Crippen molar-refractivity contribution in [2.75, 3.05) is 25.2 Å². The highest BCUT2D eigenvalue weighted by molar-refractivity contribution is 7.84. The molecule has 0 saturated carbocycles. The Morgan fingerprint density at radius 2 is 2.15 bits per heavy atom. The van der Waals surface area contributed by atoms with Crippen LogP contribution in [0.15, 0.2) is 18.2 Å². The third-order valence-corrected chi connectivity index (χ3v) is 4.01. The van der Waals surface area contributed by atoms with Gasteiger partial charge >= 0.3 is 0 Å². The maximum atomic E-state index is 11.0. The first-order valence-corrected chi connectivity index (χ1v) is 8.66. The second kappa shape index (κ2) is 8.85. The van der Waals surface area contributed by atoms with Crippen LogP contribution in [0, 0.1) is 0 Å². The zero-order chi connectivity index (χ0) is 15.1. The van der Waals surface area contributed by atoms with Crippen LogP contribution in [-0.2, 0) is 10.8 Å². The number of halogens is 2. The van der Waals surface area contributed by atoms with Crippen LogP contribution in [-0.4, -0.2) is 46.6 Å². The van der Waals surface area contributed by atoms with Gasteiger partial charge in [-0.3, -0.25) is 4.21 Å². The van der Waals surface area contributed by atoms with Gasteiger partial charge in [0.05, 0.1) is 5.02 Å². The lowest BCUT2D eigenvalue weighted by Crippen LogP contribution is -2.39. The maximum absolute atomic E-state index is 11.0. The molecule has 0 heterocycles. The number of hydrogen-bond acceptors (Lipinski definition) is 4. The smallest absolute Gasteiger partial charge is 0.138 e. The Kier molecular flexibility index (Phi) is 7.84. The lowest BCUT2D eigenvalue weighted by molar-refractivity contribution is 0.105. The summed E-state index contributed by atoms with van der Waals surface area (Å²) >= 11 is 11.7. The van der Waals surface area contributed by atoms with Crippen LogP contribution in [0.3, 0.4) is 0 Å². The van der Waals surface area contributed by atoms with Crippen LogP contribution >= 0.6 is 23.2 Å². The summed E-state index contributed by atoms with van der Waals surface area (Å²) in [6.07, 6.45) is 0.981. The minimum atomic E-state index is -0.855. The number of aliphatic hydroxyl groups is 1. The third kappa shape index (κ3) is 6.90. The fourth-order valence-electron chi connectivity index (χ4n) is 1.59. The van der Waals surface area contributed by atoms with Crippen LogP contribution < -0.4 is 10.1 Å². The van der Waals surface area contributed by atoms with Gasteiger partial charge in [0.2, 0.25) is 0 Å². The molecule has 0 saturated heterocycles. The second-order valence-corrected chi connectivity index (χ2v) is 6.91. The Bertz CT molecular complexity index is 459. The summed E-state index contributed by atoms with van der Waals surface area (Å²) in [6.45, 7) is 2.41. The third-order valence-electron chi connectivity index (χ3n) is 2.51. The molecule has 0 radical (unpaired) electrons. The lowest BCUT2D eigenvalue weighted by atomic mass is 10.3. The minimum absolute atomic E-state index is 0.0783. The topological polar surface area (TPSA) is 58.6 Å². The normalized spacial score (nSPS) is 15.7. The number of nitrogens with one attached hydrogen (secondary N) is 1. The summed E-state index contributed by atoms with van der Waals surface area (Å²) in [7, 11) is -0.855. The predicted molar refractivity (Wildman–Crippen MR) is 84.4 cm³/mol. The average Bonchev–Trinajstić information content (AvgIpc) is 2.34. The molecular weight excluding hydrogens is 321 g/mol. The van der Waals surface area contributed by atoms with Crippen molar-refractivity contribution in [3.8, 4) is 5.75 Å². The van der Waals surface area contributed by atoms with Crippen molar-refractivity contribution >= 4 is 34.0 Å². The number of aliphatic hydroxyl groups excluding tert-OH is 1. The van der Waals surface area contributed by atoms with Crippen molar-refractivity contribution in [1.29, 1.82) is 0 Å². The standard InChI is InChI=1S/C13H19Cl2NO3S/c1-9(8-20(2)18)16-6-11(17)7-19-13-4-3-10(14)5-12(13)15/h3-5,9,11,16-17H,6-8H2,1-2H3. The fraction of sp³-hybridized carbons (Fsp3) is 0.538. The molecule has 0 spiro atoms. The molecule has 3 atom stereocenters. The monoisotopic (exact) mass is 339 g/mol. The molecule has 0 bridgehead atoms. The highest BCUT2D eigenvalue weighted by atomic mass is 35.5. The van der Waals surface area contributed by atoms with Gasteiger partial charge in [-0.1, -0.05) is 23.2 Å². The molecule has 1 aromatic carbocycles. The summed E-state index contributed by atoms with van der Waals surface area (Å²) in [5, 5.41) is 13.8. The molecule has 20 heavy (non-hydrogen) atoms. The van der Waals surface area contributed by atoms with E-state index in [-0.39, 0.29) is 12.6 Å². The molecule has 1 rings (SSSR count). The van der Waals surface area contributed by atoms with Crippen LogP contribution in [0.2, 0.25) is 10.0 Å². The van der Waals surface area contributed by atoms with Gasteiger partial charge in [0.1, 0.15) is 18.5 Å². The van der Waals surface area contributed by atoms with E-state index in [2.05, 4.69) is 5.32 Å². The van der Waals surface area contributed by atoms with Crippen LogP contribution in [0.4, 0.5) is 0 Å². The molecule has 1 aromatic rings. The Labute approximate surface area is 131 Å². The van der Waals surface area contributed by atoms with Crippen LogP contribution in [0.25, 0.3) is 0 Å². The molecular formula is C13H19Cl2NO3S. The van der Waals surface area contributed by atoms with Crippen molar-refractivity contribution in [2.24, 2.45) is 0 Å². The summed E-state index contributed by atoms with van der Waals surface area (Å²) in [6, 6.07) is 5.00. The van der Waals surface area contributed by atoms with Crippen molar-refractivity contribution in [3.63, 3.8) is 0 Å². The molecule has 114 valence electrons. The molecule has 0 aliphatic heterocycles. The highest BCUT2D eigenvalue weighted by Gasteiger charge is 2.10. The highest BCUT2D eigenvalue weighted by Crippen LogP contribution is 2.27. The first kappa shape index (κ1) is 17.7. The van der Waals surface area contributed by atoms with E-state index in [9.17, 15) is 9.32 Å². The minimum Gasteiger partial charge on any atom is -0.489 e. The summed E-state index contributed by atoms with van der Waals surface area (Å²) < 4.78 is 16.5. The first-order valence-electron chi connectivity index (χ1n) is 6.17. The summed E-state index contributed by atoms with van der Waals surface area (Å²) in [5.41, 5.74) is 0. The lowest BCUT2D eigenvalue weighted by Gasteiger charge is -2.17. The van der Waals surface area contributed by atoms with Gasteiger partial charge in [-0.05, 0) is 25.1 Å². The van der Waals surface area contributed by atoms with E-state index in [1.165, 1.54) is 0 Å². The van der Waals surface area contributed by atoms with E-state index in [4.69, 9.17) is 27.9 Å². The van der Waals surface area contributed by atoms with E-state index in [1.54, 1.807) is 24.5 Å². The zero-order valence-electron chi connectivity index (χ0n) is 11.4. The van der Waals surface area contributed by atoms with Gasteiger partial charge in [0, 0.05) is 40.4 Å². The number of hydrogen-bond donors (Lipinski definition) is 2. The Hall–Kier alpha value is -0.330. The van der Waals surface area contributed by atoms with Gasteiger partial charge in [-0.2, -0.15) is 0 Å². The van der Waals surface area contributed by atoms with Crippen LogP contribution in [0.1, 0.15) is 6.92 Å². The van der Waals surface area contributed by atoms with Gasteiger partial charge in [-0.15, -0.1) is 0 Å². The number of benzene rings is 1. The summed E-state index contributed by atoms with van der Waals surface area (Å²) in [5.74, 6) is 1.04. The maximum Gasteiger partial charge on any atom is 0.138 e. The Morgan fingerprint density at radius 3 is 2.75 bits per heavy atom. The number of ether oxygens (including phenoxy) is 1. The van der Waals surface area contributed by atoms with E-state index in [1.807, 2.05) is 6.92 Å². The van der Waals surface area contributed by atoms with Crippen molar-refractivity contribution < 1.29 is 14.1 Å². The number of rotatable bonds is 8. The van der Waals surface area contributed by atoms with Crippen molar-refractivity contribution in [1.82, 2.24) is 5.32 Å². The van der Waals surface area contributed by atoms with E-state index < -0.39 is 16.9 Å². The van der Waals surface area contributed by atoms with Gasteiger partial charge in [0.25, 0.3) is 0 Å². The predicted octanol–water partition coefficient (Wildman–Crippen LogP) is 2.09. The second-order valence-electron chi connectivity index (χ2n) is 4.59. The molecule has 4 nitrogen and oxygen atoms in total. The average molecular weight is 340 g/mol. The van der Waals surface area contributed by atoms with Gasteiger partial charge < -0.3 is 15.2 Å². The molecule has 0 amide bonds. The Balaban J connectivity index is 2.32. The van der Waals surface area contributed by atoms with Gasteiger partial charge in [0.15, 0.2) is 0 Å². The van der Waals surface area contributed by atoms with E-state index in [0.717, 1.165) is 0 Å². The van der Waals surface area contributed by atoms with Crippen molar-refractivity contribution in [2.45, 2.75) is 19.1 Å². The zero-order valence-corrected chi connectivity index (χ0v) is 13.8. The fourth-order valence-corrected chi connectivity index (χ4v) is 2.87. The Morgan fingerprint density at radius 1 is 1.45 bits per heavy atom. The quantitative estimate of drug-likeness (QED) is 0.761.